The lowest BCUT2D eigenvalue weighted by Crippen LogP contribution is -1.99. The first kappa shape index (κ1) is 26.7. The summed E-state index contributed by atoms with van der Waals surface area (Å²) in [6.45, 7) is 7.38. The van der Waals surface area contributed by atoms with Crippen LogP contribution in [-0.4, -0.2) is 6.61 Å². The first-order valence-electron chi connectivity index (χ1n) is 13.3. The predicted molar refractivity (Wildman–Crippen MR) is 152 cm³/mol. The summed E-state index contributed by atoms with van der Waals surface area (Å²) in [4.78, 5) is 0. The Kier molecular flexibility index (Phi) is 12.1. The van der Waals surface area contributed by atoms with E-state index in [1.165, 1.54) is 65.5 Å². The zero-order chi connectivity index (χ0) is 24.6. The lowest BCUT2D eigenvalue weighted by atomic mass is 9.99. The highest BCUT2D eigenvalue weighted by Crippen LogP contribution is 2.16. The minimum absolute atomic E-state index is 0.719. The molecule has 0 amide bonds. The summed E-state index contributed by atoms with van der Waals surface area (Å²) in [5, 5.41) is 0. The van der Waals surface area contributed by atoms with Crippen LogP contribution in [0.2, 0.25) is 0 Å². The Morgan fingerprint density at radius 1 is 0.657 bits per heavy atom. The third-order valence-corrected chi connectivity index (χ3v) is 6.62. The molecule has 0 aliphatic rings. The maximum absolute atomic E-state index is 5.86. The van der Waals surface area contributed by atoms with Crippen molar-refractivity contribution < 1.29 is 4.74 Å². The highest BCUT2D eigenvalue weighted by Gasteiger charge is 2.03. The van der Waals surface area contributed by atoms with Crippen LogP contribution in [0.3, 0.4) is 0 Å². The van der Waals surface area contributed by atoms with Gasteiger partial charge in [-0.25, -0.2) is 0 Å². The van der Waals surface area contributed by atoms with E-state index in [2.05, 4.69) is 98.5 Å². The SMILES string of the molecule is C=Cc1ccc(CCCCc2ccc(CCCCc3ccccc3COCCC=CC)cc2)cc1. The summed E-state index contributed by atoms with van der Waals surface area (Å²) in [7, 11) is 0. The standard InChI is InChI=1S/C34H42O/c1-3-5-12-27-35-28-34-18-11-10-17-33(34)16-9-8-15-32-25-23-31(24-26-32)14-7-6-13-30-21-19-29(4-2)20-22-30/h3-5,10-11,17-26H,2,6-9,12-16,27-28H2,1H3. The summed E-state index contributed by atoms with van der Waals surface area (Å²) in [5.41, 5.74) is 8.30. The molecule has 3 rings (SSSR count). The number of rotatable bonds is 16. The Morgan fingerprint density at radius 3 is 1.71 bits per heavy atom. The van der Waals surface area contributed by atoms with Crippen molar-refractivity contribution in [1.29, 1.82) is 0 Å². The number of hydrogen-bond acceptors (Lipinski definition) is 1. The lowest BCUT2D eigenvalue weighted by molar-refractivity contribution is 0.124. The molecule has 0 radical (unpaired) electrons. The van der Waals surface area contributed by atoms with Crippen LogP contribution in [0.15, 0.2) is 91.5 Å². The van der Waals surface area contributed by atoms with Gasteiger partial charge in [0.05, 0.1) is 13.2 Å². The van der Waals surface area contributed by atoms with E-state index >= 15 is 0 Å². The summed E-state index contributed by atoms with van der Waals surface area (Å²) in [6.07, 6.45) is 16.6. The topological polar surface area (TPSA) is 9.23 Å². The van der Waals surface area contributed by atoms with Crippen molar-refractivity contribution in [2.24, 2.45) is 0 Å². The zero-order valence-corrected chi connectivity index (χ0v) is 21.6. The van der Waals surface area contributed by atoms with Gasteiger partial charge in [0.25, 0.3) is 0 Å². The molecular formula is C34H42O. The van der Waals surface area contributed by atoms with Gasteiger partial charge in [-0.2, -0.15) is 0 Å². The molecule has 0 atom stereocenters. The van der Waals surface area contributed by atoms with Crippen molar-refractivity contribution in [3.8, 4) is 0 Å². The average molecular weight is 467 g/mol. The molecule has 0 bridgehead atoms. The second-order valence-electron chi connectivity index (χ2n) is 9.36. The summed E-state index contributed by atoms with van der Waals surface area (Å²) in [6, 6.07) is 26.8. The smallest absolute Gasteiger partial charge is 0.0719 e. The molecule has 1 heteroatoms. The Morgan fingerprint density at radius 2 is 1.17 bits per heavy atom. The molecule has 0 saturated carbocycles. The highest BCUT2D eigenvalue weighted by atomic mass is 16.5. The monoisotopic (exact) mass is 466 g/mol. The van der Waals surface area contributed by atoms with Gasteiger partial charge >= 0.3 is 0 Å². The number of benzene rings is 3. The molecule has 0 spiro atoms. The molecule has 3 aromatic rings. The molecule has 0 saturated heterocycles. The number of aryl methyl sites for hydroxylation is 4. The fraction of sp³-hybridized carbons (Fsp3) is 0.353. The quantitative estimate of drug-likeness (QED) is 0.151. The number of unbranched alkanes of at least 4 members (excludes halogenated alkanes) is 2. The van der Waals surface area contributed by atoms with Gasteiger partial charge in [0, 0.05) is 0 Å². The first-order valence-corrected chi connectivity index (χ1v) is 13.3. The molecule has 0 N–H and O–H groups in total. The molecule has 0 aliphatic carbocycles. The molecule has 0 fully saturated rings. The number of ether oxygens (including phenoxy) is 1. The maximum atomic E-state index is 5.86. The fourth-order valence-corrected chi connectivity index (χ4v) is 4.44. The third-order valence-electron chi connectivity index (χ3n) is 6.62. The van der Waals surface area contributed by atoms with Gasteiger partial charge < -0.3 is 4.74 Å². The van der Waals surface area contributed by atoms with Crippen LogP contribution in [0.5, 0.6) is 0 Å². The van der Waals surface area contributed by atoms with E-state index in [1.54, 1.807) is 0 Å². The average Bonchev–Trinajstić information content (AvgIpc) is 2.91. The molecule has 0 aliphatic heterocycles. The van der Waals surface area contributed by atoms with E-state index in [4.69, 9.17) is 4.74 Å². The Labute approximate surface area is 213 Å². The Balaban J connectivity index is 1.32. The van der Waals surface area contributed by atoms with Crippen LogP contribution in [0.4, 0.5) is 0 Å². The largest absolute Gasteiger partial charge is 0.376 e. The summed E-state index contributed by atoms with van der Waals surface area (Å²) < 4.78 is 5.86. The molecule has 184 valence electrons. The van der Waals surface area contributed by atoms with Crippen molar-refractivity contribution in [2.75, 3.05) is 6.61 Å². The lowest BCUT2D eigenvalue weighted by Gasteiger charge is -2.10. The van der Waals surface area contributed by atoms with Crippen LogP contribution < -0.4 is 0 Å². The van der Waals surface area contributed by atoms with Crippen LogP contribution in [-0.2, 0) is 37.0 Å². The van der Waals surface area contributed by atoms with Crippen molar-refractivity contribution in [3.05, 3.63) is 125 Å². The minimum atomic E-state index is 0.719. The molecule has 1 nitrogen and oxygen atoms in total. The van der Waals surface area contributed by atoms with Gasteiger partial charge in [0.15, 0.2) is 0 Å². The van der Waals surface area contributed by atoms with Crippen molar-refractivity contribution in [2.45, 2.75) is 71.3 Å². The number of allylic oxidation sites excluding steroid dienone is 1. The van der Waals surface area contributed by atoms with E-state index in [1.807, 2.05) is 6.08 Å². The van der Waals surface area contributed by atoms with Gasteiger partial charge in [0.2, 0.25) is 0 Å². The first-order chi connectivity index (χ1) is 17.3. The normalized spacial score (nSPS) is 11.2. The van der Waals surface area contributed by atoms with Crippen LogP contribution in [0, 0.1) is 0 Å². The van der Waals surface area contributed by atoms with E-state index in [0.29, 0.717) is 0 Å². The number of hydrogen-bond donors (Lipinski definition) is 0. The maximum Gasteiger partial charge on any atom is 0.0719 e. The van der Waals surface area contributed by atoms with Gasteiger partial charge in [-0.1, -0.05) is 97.6 Å². The third kappa shape index (κ3) is 10.1. The second-order valence-corrected chi connectivity index (χ2v) is 9.36. The molecule has 35 heavy (non-hydrogen) atoms. The van der Waals surface area contributed by atoms with Crippen LogP contribution in [0.25, 0.3) is 6.08 Å². The van der Waals surface area contributed by atoms with Gasteiger partial charge in [-0.3, -0.25) is 0 Å². The fourth-order valence-electron chi connectivity index (χ4n) is 4.44. The molecule has 0 heterocycles. The predicted octanol–water partition coefficient (Wildman–Crippen LogP) is 8.94. The van der Waals surface area contributed by atoms with Crippen LogP contribution in [0.1, 0.15) is 72.4 Å². The van der Waals surface area contributed by atoms with Crippen molar-refractivity contribution in [1.82, 2.24) is 0 Å². The van der Waals surface area contributed by atoms with Gasteiger partial charge in [0.1, 0.15) is 0 Å². The van der Waals surface area contributed by atoms with E-state index in [-0.39, 0.29) is 0 Å². The molecule has 3 aromatic carbocycles. The highest BCUT2D eigenvalue weighted by molar-refractivity contribution is 5.47. The summed E-state index contributed by atoms with van der Waals surface area (Å²) >= 11 is 0. The minimum Gasteiger partial charge on any atom is -0.376 e. The second kappa shape index (κ2) is 15.9. The van der Waals surface area contributed by atoms with Crippen molar-refractivity contribution >= 4 is 6.08 Å². The van der Waals surface area contributed by atoms with Gasteiger partial charge in [-0.05, 0) is 98.1 Å². The van der Waals surface area contributed by atoms with E-state index < -0.39 is 0 Å². The Hall–Kier alpha value is -2.90. The van der Waals surface area contributed by atoms with E-state index in [0.717, 1.165) is 38.9 Å². The van der Waals surface area contributed by atoms with Crippen molar-refractivity contribution in [3.63, 3.8) is 0 Å². The summed E-state index contributed by atoms with van der Waals surface area (Å²) in [5.74, 6) is 0. The molecule has 0 unspecified atom stereocenters. The van der Waals surface area contributed by atoms with Crippen LogP contribution >= 0.6 is 0 Å². The molecular weight excluding hydrogens is 424 g/mol. The zero-order valence-electron chi connectivity index (χ0n) is 21.6. The Bertz CT molecular complexity index is 1010. The van der Waals surface area contributed by atoms with E-state index in [9.17, 15) is 0 Å². The van der Waals surface area contributed by atoms with Gasteiger partial charge in [-0.15, -0.1) is 0 Å². The molecule has 0 aromatic heterocycles.